The summed E-state index contributed by atoms with van der Waals surface area (Å²) in [5.74, 6) is -2.53. The molecule has 1 amide bonds. The minimum Gasteiger partial charge on any atom is -0.479 e. The summed E-state index contributed by atoms with van der Waals surface area (Å²) in [6, 6.07) is 4.98. The van der Waals surface area contributed by atoms with E-state index in [-0.39, 0.29) is 11.5 Å². The average Bonchev–Trinajstić information content (AvgIpc) is 2.46. The highest BCUT2D eigenvalue weighted by Gasteiger charge is 2.39. The van der Waals surface area contributed by atoms with Crippen LogP contribution in [0.1, 0.15) is 20.8 Å². The maximum atomic E-state index is 11.8. The van der Waals surface area contributed by atoms with E-state index in [1.165, 1.54) is 20.0 Å². The molecular formula is C16H16N2O6. The highest BCUT2D eigenvalue weighted by molar-refractivity contribution is 6.15. The Hall–Kier alpha value is -3.03. The Labute approximate surface area is 137 Å². The molecule has 0 aliphatic carbocycles. The molecule has 0 spiro atoms. The average molecular weight is 332 g/mol. The number of fused-ring (bicyclic) bond motifs is 1. The summed E-state index contributed by atoms with van der Waals surface area (Å²) in [6.07, 6.45) is 0.643. The van der Waals surface area contributed by atoms with E-state index in [4.69, 9.17) is 14.2 Å². The van der Waals surface area contributed by atoms with Gasteiger partial charge in [-0.05, 0) is 25.1 Å². The second-order valence-corrected chi connectivity index (χ2v) is 5.84. The van der Waals surface area contributed by atoms with Gasteiger partial charge in [-0.15, -0.1) is 0 Å². The number of nitrogens with one attached hydrogen (secondary N) is 2. The van der Waals surface area contributed by atoms with Gasteiger partial charge in [-0.25, -0.2) is 9.59 Å². The molecule has 1 fully saturated rings. The van der Waals surface area contributed by atoms with Crippen molar-refractivity contribution in [3.05, 3.63) is 30.0 Å². The quantitative estimate of drug-likeness (QED) is 0.481. The summed E-state index contributed by atoms with van der Waals surface area (Å²) >= 11 is 0. The van der Waals surface area contributed by atoms with Gasteiger partial charge in [0.05, 0.1) is 5.69 Å². The summed E-state index contributed by atoms with van der Waals surface area (Å²) in [7, 11) is 0. The van der Waals surface area contributed by atoms with Crippen LogP contribution >= 0.6 is 0 Å². The van der Waals surface area contributed by atoms with Gasteiger partial charge in [0.1, 0.15) is 5.75 Å². The first kappa shape index (κ1) is 15.9. The molecule has 2 aliphatic rings. The molecule has 2 N–H and O–H groups in total. The fourth-order valence-corrected chi connectivity index (χ4v) is 2.23. The first-order chi connectivity index (χ1) is 11.2. The van der Waals surface area contributed by atoms with Gasteiger partial charge in [0.25, 0.3) is 11.7 Å². The molecule has 126 valence electrons. The van der Waals surface area contributed by atoms with Crippen molar-refractivity contribution in [1.29, 1.82) is 0 Å². The number of esters is 2. The van der Waals surface area contributed by atoms with Crippen molar-refractivity contribution in [3.63, 3.8) is 0 Å². The Morgan fingerprint density at radius 1 is 1.17 bits per heavy atom. The highest BCUT2D eigenvalue weighted by Crippen LogP contribution is 2.32. The summed E-state index contributed by atoms with van der Waals surface area (Å²) < 4.78 is 15.4. The van der Waals surface area contributed by atoms with Gasteiger partial charge in [-0.2, -0.15) is 0 Å². The van der Waals surface area contributed by atoms with Crippen molar-refractivity contribution >= 4 is 29.2 Å². The fraction of sp³-hybridized carbons (Fsp3) is 0.312. The first-order valence-electron chi connectivity index (χ1n) is 7.30. The Kier molecular flexibility index (Phi) is 3.67. The van der Waals surface area contributed by atoms with E-state index in [0.717, 1.165) is 0 Å². The smallest absolute Gasteiger partial charge is 0.350 e. The van der Waals surface area contributed by atoms with Gasteiger partial charge in [-0.1, -0.05) is 0 Å². The summed E-state index contributed by atoms with van der Waals surface area (Å²) in [6.45, 7) is 4.59. The zero-order valence-electron chi connectivity index (χ0n) is 13.3. The van der Waals surface area contributed by atoms with Crippen LogP contribution in [0.5, 0.6) is 5.75 Å². The molecule has 0 saturated carbocycles. The molecule has 1 unspecified atom stereocenters. The van der Waals surface area contributed by atoms with Crippen LogP contribution in [-0.2, 0) is 23.9 Å². The Morgan fingerprint density at radius 2 is 1.83 bits per heavy atom. The number of benzene rings is 1. The predicted octanol–water partition coefficient (Wildman–Crippen LogP) is 1.54. The topological polar surface area (TPSA) is 103 Å². The van der Waals surface area contributed by atoms with E-state index < -0.39 is 23.8 Å². The fourth-order valence-electron chi connectivity index (χ4n) is 2.23. The minimum absolute atomic E-state index is 0.249. The summed E-state index contributed by atoms with van der Waals surface area (Å²) in [5.41, 5.74) is 0.794. The second kappa shape index (κ2) is 5.55. The number of hydrogen-bond acceptors (Lipinski definition) is 7. The van der Waals surface area contributed by atoms with Crippen molar-refractivity contribution in [1.82, 2.24) is 0 Å². The van der Waals surface area contributed by atoms with Gasteiger partial charge >= 0.3 is 11.9 Å². The van der Waals surface area contributed by atoms with E-state index in [1.54, 1.807) is 25.1 Å². The zero-order valence-corrected chi connectivity index (χ0v) is 13.3. The molecule has 3 rings (SSSR count). The van der Waals surface area contributed by atoms with E-state index in [0.29, 0.717) is 17.1 Å². The molecule has 1 aromatic rings. The summed E-state index contributed by atoms with van der Waals surface area (Å²) in [4.78, 5) is 35.3. The molecule has 0 aromatic heterocycles. The van der Waals surface area contributed by atoms with E-state index in [1.807, 2.05) is 0 Å². The molecule has 0 bridgehead atoms. The molecule has 2 aliphatic heterocycles. The third-order valence-electron chi connectivity index (χ3n) is 3.41. The van der Waals surface area contributed by atoms with Crippen LogP contribution in [0, 0.1) is 0 Å². The number of ether oxygens (including phenoxy) is 3. The third kappa shape index (κ3) is 3.03. The monoisotopic (exact) mass is 332 g/mol. The number of carbonyl (C=O) groups is 3. The molecular weight excluding hydrogens is 316 g/mol. The Morgan fingerprint density at radius 3 is 2.50 bits per heavy atom. The van der Waals surface area contributed by atoms with Gasteiger partial charge < -0.3 is 24.8 Å². The number of amides is 1. The second-order valence-electron chi connectivity index (χ2n) is 5.84. The first-order valence-corrected chi connectivity index (χ1v) is 7.30. The standard InChI is InChI=1S/C16H16N2O6/c1-8-13(19)18-11-6-9(4-5-12(11)22-8)17-7-10-14(20)23-16(2,3)24-15(10)21/h4-8,17H,1-3H3,(H,18,19). The van der Waals surface area contributed by atoms with Crippen molar-refractivity contribution in [2.24, 2.45) is 0 Å². The lowest BCUT2D eigenvalue weighted by Crippen LogP contribution is -2.42. The van der Waals surface area contributed by atoms with E-state index in [9.17, 15) is 14.4 Å². The highest BCUT2D eigenvalue weighted by atomic mass is 16.7. The lowest BCUT2D eigenvalue weighted by Gasteiger charge is -2.29. The number of carbonyl (C=O) groups excluding carboxylic acids is 3. The number of cyclic esters (lactones) is 2. The lowest BCUT2D eigenvalue weighted by atomic mass is 10.2. The summed E-state index contributed by atoms with van der Waals surface area (Å²) in [5, 5.41) is 5.52. The van der Waals surface area contributed by atoms with Crippen molar-refractivity contribution < 1.29 is 28.6 Å². The minimum atomic E-state index is -1.28. The van der Waals surface area contributed by atoms with Crippen molar-refractivity contribution in [2.75, 3.05) is 10.6 Å². The van der Waals surface area contributed by atoms with Crippen molar-refractivity contribution in [3.8, 4) is 5.75 Å². The van der Waals surface area contributed by atoms with Gasteiger partial charge in [0.15, 0.2) is 11.7 Å². The zero-order chi connectivity index (χ0) is 17.5. The largest absolute Gasteiger partial charge is 0.479 e. The van der Waals surface area contributed by atoms with Gasteiger partial charge in [-0.3, -0.25) is 4.79 Å². The van der Waals surface area contributed by atoms with E-state index in [2.05, 4.69) is 10.6 Å². The predicted molar refractivity (Wildman–Crippen MR) is 83.1 cm³/mol. The maximum absolute atomic E-state index is 11.8. The van der Waals surface area contributed by atoms with Crippen LogP contribution in [0.25, 0.3) is 0 Å². The van der Waals surface area contributed by atoms with E-state index >= 15 is 0 Å². The van der Waals surface area contributed by atoms with Crippen LogP contribution in [0.2, 0.25) is 0 Å². The lowest BCUT2D eigenvalue weighted by molar-refractivity contribution is -0.222. The van der Waals surface area contributed by atoms with Crippen LogP contribution < -0.4 is 15.4 Å². The van der Waals surface area contributed by atoms with Crippen LogP contribution in [0.15, 0.2) is 30.0 Å². The molecule has 1 atom stereocenters. The van der Waals surface area contributed by atoms with Crippen LogP contribution in [-0.4, -0.2) is 29.7 Å². The van der Waals surface area contributed by atoms with Gasteiger partial charge in [0, 0.05) is 25.7 Å². The number of anilines is 2. The molecule has 1 saturated heterocycles. The normalized spacial score (nSPS) is 21.7. The van der Waals surface area contributed by atoms with Crippen LogP contribution in [0.4, 0.5) is 11.4 Å². The molecule has 8 heteroatoms. The maximum Gasteiger partial charge on any atom is 0.350 e. The molecule has 0 radical (unpaired) electrons. The third-order valence-corrected chi connectivity index (χ3v) is 3.41. The Bertz CT molecular complexity index is 746. The number of rotatable bonds is 2. The molecule has 1 aromatic carbocycles. The van der Waals surface area contributed by atoms with Gasteiger partial charge in [0.2, 0.25) is 0 Å². The van der Waals surface area contributed by atoms with Crippen LogP contribution in [0.3, 0.4) is 0 Å². The molecule has 8 nitrogen and oxygen atoms in total. The number of hydrogen-bond donors (Lipinski definition) is 2. The SMILES string of the molecule is CC1Oc2ccc(NC=C3C(=O)OC(C)(C)OC3=O)cc2NC1=O. The van der Waals surface area contributed by atoms with Crippen molar-refractivity contribution in [2.45, 2.75) is 32.7 Å². The Balaban J connectivity index is 1.78. The molecule has 2 heterocycles. The molecule has 24 heavy (non-hydrogen) atoms.